The summed E-state index contributed by atoms with van der Waals surface area (Å²) < 4.78 is 0. The van der Waals surface area contributed by atoms with Crippen LogP contribution in [-0.4, -0.2) is 15.9 Å². The number of carbonyl (C=O) groups is 1. The Kier molecular flexibility index (Phi) is 4.63. The Morgan fingerprint density at radius 2 is 2.16 bits per heavy atom. The van der Waals surface area contributed by atoms with Crippen molar-refractivity contribution in [3.8, 4) is 0 Å². The van der Waals surface area contributed by atoms with Gasteiger partial charge in [-0.2, -0.15) is 0 Å². The minimum Gasteiger partial charge on any atom is -0.348 e. The average Bonchev–Trinajstić information content (AvgIpc) is 2.84. The minimum atomic E-state index is -0.0325. The summed E-state index contributed by atoms with van der Waals surface area (Å²) >= 11 is 1.60. The second-order valence-electron chi connectivity index (χ2n) is 4.44. The summed E-state index contributed by atoms with van der Waals surface area (Å²) in [6.45, 7) is 3.92. The van der Waals surface area contributed by atoms with Gasteiger partial charge in [0.25, 0.3) is 0 Å². The van der Waals surface area contributed by atoms with Gasteiger partial charge in [0, 0.05) is 24.2 Å². The zero-order valence-corrected chi connectivity index (χ0v) is 11.9. The van der Waals surface area contributed by atoms with Gasteiger partial charge in [-0.3, -0.25) is 9.78 Å². The number of nitrogens with zero attached hydrogens (tertiary/aromatic N) is 2. The number of thiazole rings is 1. The van der Waals surface area contributed by atoms with E-state index in [0.717, 1.165) is 22.7 Å². The number of aryl methyl sites for hydroxylation is 2. The first-order chi connectivity index (χ1) is 9.15. The summed E-state index contributed by atoms with van der Waals surface area (Å²) in [5.74, 6) is 0.0509. The molecule has 0 aliphatic carbocycles. The lowest BCUT2D eigenvalue weighted by Crippen LogP contribution is -2.27. The number of aromatic nitrogens is 2. The highest BCUT2D eigenvalue weighted by molar-refractivity contribution is 7.09. The van der Waals surface area contributed by atoms with Gasteiger partial charge in [-0.1, -0.05) is 0 Å². The molecule has 0 aromatic carbocycles. The number of amides is 1. The van der Waals surface area contributed by atoms with E-state index in [4.69, 9.17) is 0 Å². The molecule has 100 valence electrons. The van der Waals surface area contributed by atoms with Crippen LogP contribution < -0.4 is 5.32 Å². The molecule has 0 aliphatic heterocycles. The van der Waals surface area contributed by atoms with Gasteiger partial charge in [0.1, 0.15) is 0 Å². The Labute approximate surface area is 116 Å². The lowest BCUT2D eigenvalue weighted by atomic mass is 10.1. The third-order valence-electron chi connectivity index (χ3n) is 2.85. The van der Waals surface area contributed by atoms with Gasteiger partial charge in [-0.25, -0.2) is 4.98 Å². The van der Waals surface area contributed by atoms with Crippen LogP contribution in [0.5, 0.6) is 0 Å². The van der Waals surface area contributed by atoms with Gasteiger partial charge in [0.15, 0.2) is 0 Å². The molecule has 0 saturated heterocycles. The van der Waals surface area contributed by atoms with Gasteiger partial charge < -0.3 is 5.32 Å². The van der Waals surface area contributed by atoms with Crippen molar-refractivity contribution in [2.24, 2.45) is 0 Å². The normalized spacial score (nSPS) is 12.1. The standard InChI is InChI=1S/C14H17N3OS/c1-10(13-9-19-11(2)17-13)16-14(18)4-3-12-5-7-15-8-6-12/h5-10H,3-4H2,1-2H3,(H,16,18)/t10-/m1/s1. The van der Waals surface area contributed by atoms with Crippen molar-refractivity contribution in [1.29, 1.82) is 0 Å². The highest BCUT2D eigenvalue weighted by atomic mass is 32.1. The SMILES string of the molecule is Cc1nc([C@@H](C)NC(=O)CCc2ccncc2)cs1. The maximum Gasteiger partial charge on any atom is 0.220 e. The molecule has 1 amide bonds. The average molecular weight is 275 g/mol. The van der Waals surface area contributed by atoms with E-state index in [1.54, 1.807) is 23.7 Å². The van der Waals surface area contributed by atoms with Crippen LogP contribution in [0.2, 0.25) is 0 Å². The molecule has 4 nitrogen and oxygen atoms in total. The Morgan fingerprint density at radius 3 is 2.79 bits per heavy atom. The van der Waals surface area contributed by atoms with Gasteiger partial charge in [-0.15, -0.1) is 11.3 Å². The predicted molar refractivity (Wildman–Crippen MR) is 76.0 cm³/mol. The van der Waals surface area contributed by atoms with E-state index < -0.39 is 0 Å². The molecule has 2 heterocycles. The monoisotopic (exact) mass is 275 g/mol. The molecule has 2 rings (SSSR count). The Balaban J connectivity index is 1.81. The van der Waals surface area contributed by atoms with Gasteiger partial charge in [0.2, 0.25) is 5.91 Å². The first kappa shape index (κ1) is 13.7. The fourth-order valence-corrected chi connectivity index (χ4v) is 2.48. The smallest absolute Gasteiger partial charge is 0.220 e. The first-order valence-electron chi connectivity index (χ1n) is 6.25. The Morgan fingerprint density at radius 1 is 1.42 bits per heavy atom. The third-order valence-corrected chi connectivity index (χ3v) is 3.64. The highest BCUT2D eigenvalue weighted by Crippen LogP contribution is 2.15. The van der Waals surface area contributed by atoms with E-state index in [1.807, 2.05) is 31.4 Å². The number of carbonyl (C=O) groups excluding carboxylic acids is 1. The van der Waals surface area contributed by atoms with Crippen molar-refractivity contribution in [2.75, 3.05) is 0 Å². The maximum atomic E-state index is 11.9. The van der Waals surface area contributed by atoms with Crippen LogP contribution in [0.4, 0.5) is 0 Å². The van der Waals surface area contributed by atoms with E-state index in [2.05, 4.69) is 15.3 Å². The molecule has 2 aromatic heterocycles. The van der Waals surface area contributed by atoms with Crippen molar-refractivity contribution in [1.82, 2.24) is 15.3 Å². The van der Waals surface area contributed by atoms with E-state index >= 15 is 0 Å². The molecule has 0 aliphatic rings. The van der Waals surface area contributed by atoms with Crippen LogP contribution in [-0.2, 0) is 11.2 Å². The molecule has 5 heteroatoms. The van der Waals surface area contributed by atoms with Crippen LogP contribution in [0.3, 0.4) is 0 Å². The van der Waals surface area contributed by atoms with Gasteiger partial charge in [0.05, 0.1) is 16.7 Å². The van der Waals surface area contributed by atoms with Crippen molar-refractivity contribution < 1.29 is 4.79 Å². The summed E-state index contributed by atoms with van der Waals surface area (Å²) in [4.78, 5) is 20.2. The molecular weight excluding hydrogens is 258 g/mol. The number of hydrogen-bond acceptors (Lipinski definition) is 4. The molecule has 0 spiro atoms. The van der Waals surface area contributed by atoms with Crippen LogP contribution in [0, 0.1) is 6.92 Å². The minimum absolute atomic E-state index is 0.0325. The lowest BCUT2D eigenvalue weighted by molar-refractivity contribution is -0.121. The van der Waals surface area contributed by atoms with Crippen molar-refractivity contribution in [2.45, 2.75) is 32.7 Å². The molecule has 0 radical (unpaired) electrons. The third kappa shape index (κ3) is 4.13. The first-order valence-corrected chi connectivity index (χ1v) is 7.13. The topological polar surface area (TPSA) is 54.9 Å². The molecule has 1 N–H and O–H groups in total. The second-order valence-corrected chi connectivity index (χ2v) is 5.50. The van der Waals surface area contributed by atoms with E-state index in [-0.39, 0.29) is 11.9 Å². The fourth-order valence-electron chi connectivity index (χ4n) is 1.77. The van der Waals surface area contributed by atoms with E-state index in [1.165, 1.54) is 0 Å². The maximum absolute atomic E-state index is 11.9. The number of hydrogen-bond donors (Lipinski definition) is 1. The summed E-state index contributed by atoms with van der Waals surface area (Å²) in [5, 5.41) is 5.98. The Hall–Kier alpha value is -1.75. The number of nitrogens with one attached hydrogen (secondary N) is 1. The molecule has 2 aromatic rings. The summed E-state index contributed by atoms with van der Waals surface area (Å²) in [6.07, 6.45) is 4.70. The summed E-state index contributed by atoms with van der Waals surface area (Å²) in [5.41, 5.74) is 2.06. The van der Waals surface area contributed by atoms with Crippen molar-refractivity contribution in [3.05, 3.63) is 46.2 Å². The van der Waals surface area contributed by atoms with Crippen molar-refractivity contribution >= 4 is 17.2 Å². The quantitative estimate of drug-likeness (QED) is 0.912. The molecule has 1 atom stereocenters. The van der Waals surface area contributed by atoms with Crippen LogP contribution in [0.1, 0.15) is 35.7 Å². The van der Waals surface area contributed by atoms with Crippen LogP contribution in [0.15, 0.2) is 29.9 Å². The zero-order chi connectivity index (χ0) is 13.7. The largest absolute Gasteiger partial charge is 0.348 e. The second kappa shape index (κ2) is 6.43. The van der Waals surface area contributed by atoms with Gasteiger partial charge in [-0.05, 0) is 38.0 Å². The number of pyridine rings is 1. The lowest BCUT2D eigenvalue weighted by Gasteiger charge is -2.11. The zero-order valence-electron chi connectivity index (χ0n) is 11.1. The highest BCUT2D eigenvalue weighted by Gasteiger charge is 2.11. The Bertz CT molecular complexity index is 539. The molecule has 19 heavy (non-hydrogen) atoms. The van der Waals surface area contributed by atoms with Crippen LogP contribution >= 0.6 is 11.3 Å². The fraction of sp³-hybridized carbons (Fsp3) is 0.357. The summed E-state index contributed by atoms with van der Waals surface area (Å²) in [7, 11) is 0. The van der Waals surface area contributed by atoms with Crippen LogP contribution in [0.25, 0.3) is 0 Å². The molecular formula is C14H17N3OS. The van der Waals surface area contributed by atoms with E-state index in [9.17, 15) is 4.79 Å². The molecule has 0 unspecified atom stereocenters. The van der Waals surface area contributed by atoms with E-state index in [0.29, 0.717) is 6.42 Å². The summed E-state index contributed by atoms with van der Waals surface area (Å²) in [6, 6.07) is 3.83. The predicted octanol–water partition coefficient (Wildman–Crippen LogP) is 2.66. The van der Waals surface area contributed by atoms with Gasteiger partial charge >= 0.3 is 0 Å². The van der Waals surface area contributed by atoms with Crippen molar-refractivity contribution in [3.63, 3.8) is 0 Å². The molecule has 0 saturated carbocycles. The molecule has 0 bridgehead atoms. The number of rotatable bonds is 5. The molecule has 0 fully saturated rings.